The molecule has 2 rings (SSSR count). The minimum absolute atomic E-state index is 0.0679. The van der Waals surface area contributed by atoms with Gasteiger partial charge in [-0.25, -0.2) is 0 Å². The second-order valence-electron chi connectivity index (χ2n) is 6.21. The Morgan fingerprint density at radius 1 is 0.958 bits per heavy atom. The Kier molecular flexibility index (Phi) is 6.13. The number of amides is 2. The summed E-state index contributed by atoms with van der Waals surface area (Å²) >= 11 is 0. The molecule has 0 atom stereocenters. The van der Waals surface area contributed by atoms with Gasteiger partial charge in [0.05, 0.1) is 0 Å². The second kappa shape index (κ2) is 8.29. The number of hydrogen-bond donors (Lipinski definition) is 2. The van der Waals surface area contributed by atoms with Crippen LogP contribution in [0.15, 0.2) is 48.5 Å². The molecule has 2 aromatic rings. The maximum atomic E-state index is 12.5. The molecule has 24 heavy (non-hydrogen) atoms. The zero-order chi connectivity index (χ0) is 17.5. The van der Waals surface area contributed by atoms with Crippen molar-refractivity contribution in [2.24, 2.45) is 5.92 Å². The molecule has 0 saturated carbocycles. The van der Waals surface area contributed by atoms with E-state index >= 15 is 0 Å². The molecule has 0 aromatic heterocycles. The molecule has 2 aromatic carbocycles. The summed E-state index contributed by atoms with van der Waals surface area (Å²) in [6.45, 7) is 4.72. The van der Waals surface area contributed by atoms with Crippen LogP contribution >= 0.6 is 0 Å². The van der Waals surface area contributed by atoms with E-state index in [-0.39, 0.29) is 11.8 Å². The van der Waals surface area contributed by atoms with Crippen molar-refractivity contribution in [3.8, 4) is 0 Å². The molecule has 0 aliphatic carbocycles. The van der Waals surface area contributed by atoms with Crippen LogP contribution in [-0.4, -0.2) is 18.9 Å². The van der Waals surface area contributed by atoms with Crippen LogP contribution in [0.25, 0.3) is 0 Å². The van der Waals surface area contributed by atoms with Crippen LogP contribution in [0.1, 0.15) is 45.7 Å². The molecule has 4 heteroatoms. The van der Waals surface area contributed by atoms with Gasteiger partial charge in [-0.05, 0) is 41.7 Å². The highest BCUT2D eigenvalue weighted by molar-refractivity contribution is 5.96. The molecule has 0 saturated heterocycles. The first kappa shape index (κ1) is 17.7. The van der Waals surface area contributed by atoms with E-state index in [2.05, 4.69) is 24.5 Å². The van der Waals surface area contributed by atoms with Crippen LogP contribution in [0.2, 0.25) is 0 Å². The van der Waals surface area contributed by atoms with Gasteiger partial charge >= 0.3 is 0 Å². The Bertz CT molecular complexity index is 706. The zero-order valence-corrected chi connectivity index (χ0v) is 14.4. The molecule has 2 N–H and O–H groups in total. The second-order valence-corrected chi connectivity index (χ2v) is 6.21. The third-order valence-electron chi connectivity index (χ3n) is 3.79. The Morgan fingerprint density at radius 3 is 2.25 bits per heavy atom. The molecule has 2 amide bonds. The molecule has 126 valence electrons. The van der Waals surface area contributed by atoms with E-state index in [9.17, 15) is 9.59 Å². The third kappa shape index (κ3) is 4.69. The van der Waals surface area contributed by atoms with Crippen molar-refractivity contribution in [2.75, 3.05) is 7.05 Å². The predicted molar refractivity (Wildman–Crippen MR) is 96.0 cm³/mol. The van der Waals surface area contributed by atoms with Crippen molar-refractivity contribution in [2.45, 2.75) is 26.8 Å². The molecule has 0 radical (unpaired) electrons. The lowest BCUT2D eigenvalue weighted by atomic mass is 9.97. The van der Waals surface area contributed by atoms with Gasteiger partial charge in [-0.2, -0.15) is 0 Å². The summed E-state index contributed by atoms with van der Waals surface area (Å²) in [6.07, 6.45) is 0.879. The Hall–Kier alpha value is -2.62. The molecule has 0 aliphatic heterocycles. The normalized spacial score (nSPS) is 10.5. The van der Waals surface area contributed by atoms with Gasteiger partial charge < -0.3 is 10.6 Å². The topological polar surface area (TPSA) is 58.2 Å². The van der Waals surface area contributed by atoms with Crippen molar-refractivity contribution in [1.82, 2.24) is 10.6 Å². The summed E-state index contributed by atoms with van der Waals surface area (Å²) in [5, 5.41) is 5.54. The van der Waals surface area contributed by atoms with Crippen molar-refractivity contribution >= 4 is 11.8 Å². The van der Waals surface area contributed by atoms with E-state index in [0.717, 1.165) is 23.1 Å². The first-order chi connectivity index (χ1) is 11.5. The van der Waals surface area contributed by atoms with Gasteiger partial charge in [0.15, 0.2) is 0 Å². The van der Waals surface area contributed by atoms with Gasteiger partial charge in [0.25, 0.3) is 11.8 Å². The Balaban J connectivity index is 2.02. The molecular formula is C20H24N2O2. The molecule has 0 bridgehead atoms. The lowest BCUT2D eigenvalue weighted by molar-refractivity contribution is 0.0945. The number of hydrogen-bond acceptors (Lipinski definition) is 2. The lowest BCUT2D eigenvalue weighted by Crippen LogP contribution is -2.24. The summed E-state index contributed by atoms with van der Waals surface area (Å²) in [5.41, 5.74) is 3.36. The van der Waals surface area contributed by atoms with E-state index in [1.165, 1.54) is 0 Å². The van der Waals surface area contributed by atoms with Gasteiger partial charge in [-0.15, -0.1) is 0 Å². The van der Waals surface area contributed by atoms with E-state index in [1.54, 1.807) is 19.2 Å². The first-order valence-electron chi connectivity index (χ1n) is 8.18. The van der Waals surface area contributed by atoms with Gasteiger partial charge in [-0.3, -0.25) is 9.59 Å². The smallest absolute Gasteiger partial charge is 0.251 e. The zero-order valence-electron chi connectivity index (χ0n) is 14.4. The van der Waals surface area contributed by atoms with Crippen LogP contribution in [0.4, 0.5) is 0 Å². The molecule has 0 unspecified atom stereocenters. The SMILES string of the molecule is CNC(=O)c1ccc(CNC(=O)c2ccccc2CC(C)C)cc1. The number of nitrogens with one attached hydrogen (secondary N) is 2. The summed E-state index contributed by atoms with van der Waals surface area (Å²) in [7, 11) is 1.60. The summed E-state index contributed by atoms with van der Waals surface area (Å²) in [5.74, 6) is 0.311. The van der Waals surface area contributed by atoms with Crippen LogP contribution in [0.3, 0.4) is 0 Å². The predicted octanol–water partition coefficient (Wildman–Crippen LogP) is 3.17. The van der Waals surface area contributed by atoms with E-state index in [1.807, 2.05) is 36.4 Å². The lowest BCUT2D eigenvalue weighted by Gasteiger charge is -2.12. The van der Waals surface area contributed by atoms with Crippen LogP contribution in [-0.2, 0) is 13.0 Å². The quantitative estimate of drug-likeness (QED) is 0.857. The number of carbonyl (C=O) groups excluding carboxylic acids is 2. The number of rotatable bonds is 6. The monoisotopic (exact) mass is 324 g/mol. The van der Waals surface area contributed by atoms with Crippen LogP contribution in [0, 0.1) is 5.92 Å². The maximum absolute atomic E-state index is 12.5. The summed E-state index contributed by atoms with van der Waals surface area (Å²) in [6, 6.07) is 14.9. The van der Waals surface area contributed by atoms with Crippen molar-refractivity contribution in [3.05, 3.63) is 70.8 Å². The Labute approximate surface area is 143 Å². The highest BCUT2D eigenvalue weighted by atomic mass is 16.2. The fourth-order valence-electron chi connectivity index (χ4n) is 2.56. The van der Waals surface area contributed by atoms with Gasteiger partial charge in [-0.1, -0.05) is 44.2 Å². The number of benzene rings is 2. The largest absolute Gasteiger partial charge is 0.355 e. The van der Waals surface area contributed by atoms with Gasteiger partial charge in [0, 0.05) is 24.7 Å². The average Bonchev–Trinajstić information content (AvgIpc) is 2.59. The Morgan fingerprint density at radius 2 is 1.62 bits per heavy atom. The molecule has 0 spiro atoms. The molecule has 0 fully saturated rings. The van der Waals surface area contributed by atoms with Gasteiger partial charge in [0.2, 0.25) is 0 Å². The van der Waals surface area contributed by atoms with E-state index in [4.69, 9.17) is 0 Å². The molecule has 0 aliphatic rings. The van der Waals surface area contributed by atoms with E-state index in [0.29, 0.717) is 18.0 Å². The minimum Gasteiger partial charge on any atom is -0.355 e. The minimum atomic E-state index is -0.117. The summed E-state index contributed by atoms with van der Waals surface area (Å²) < 4.78 is 0. The third-order valence-corrected chi connectivity index (χ3v) is 3.79. The molecule has 4 nitrogen and oxygen atoms in total. The van der Waals surface area contributed by atoms with Crippen LogP contribution < -0.4 is 10.6 Å². The fourth-order valence-corrected chi connectivity index (χ4v) is 2.56. The van der Waals surface area contributed by atoms with Crippen molar-refractivity contribution in [3.63, 3.8) is 0 Å². The fraction of sp³-hybridized carbons (Fsp3) is 0.300. The summed E-state index contributed by atoms with van der Waals surface area (Å²) in [4.78, 5) is 24.0. The van der Waals surface area contributed by atoms with Crippen molar-refractivity contribution in [1.29, 1.82) is 0 Å². The maximum Gasteiger partial charge on any atom is 0.251 e. The first-order valence-corrected chi connectivity index (χ1v) is 8.18. The molecule has 0 heterocycles. The van der Waals surface area contributed by atoms with Gasteiger partial charge in [0.1, 0.15) is 0 Å². The molecular weight excluding hydrogens is 300 g/mol. The standard InChI is InChI=1S/C20H24N2O2/c1-14(2)12-17-6-4-5-7-18(17)20(24)22-13-15-8-10-16(11-9-15)19(23)21-3/h4-11,14H,12-13H2,1-3H3,(H,21,23)(H,22,24). The highest BCUT2D eigenvalue weighted by Gasteiger charge is 2.11. The highest BCUT2D eigenvalue weighted by Crippen LogP contribution is 2.14. The average molecular weight is 324 g/mol. The number of carbonyl (C=O) groups is 2. The van der Waals surface area contributed by atoms with Crippen molar-refractivity contribution < 1.29 is 9.59 Å². The van der Waals surface area contributed by atoms with Crippen LogP contribution in [0.5, 0.6) is 0 Å². The van der Waals surface area contributed by atoms with E-state index < -0.39 is 0 Å².